The highest BCUT2D eigenvalue weighted by molar-refractivity contribution is 6.74. The minimum absolute atomic E-state index is 0.0219. The van der Waals surface area contributed by atoms with Crippen LogP contribution in [0, 0.1) is 11.2 Å². The van der Waals surface area contributed by atoms with Crippen molar-refractivity contribution in [1.29, 1.82) is 0 Å². The lowest BCUT2D eigenvalue weighted by Crippen LogP contribution is -2.45. The lowest BCUT2D eigenvalue weighted by molar-refractivity contribution is -0.138. The summed E-state index contributed by atoms with van der Waals surface area (Å²) in [7, 11) is -2.24. The van der Waals surface area contributed by atoms with Crippen LogP contribution in [0.15, 0.2) is 12.3 Å². The molecule has 1 saturated heterocycles. The van der Waals surface area contributed by atoms with Gasteiger partial charge in [-0.3, -0.25) is 9.97 Å². The molecule has 2 atom stereocenters. The van der Waals surface area contributed by atoms with Crippen molar-refractivity contribution in [3.8, 4) is 0 Å². The van der Waals surface area contributed by atoms with Crippen LogP contribution in [0.5, 0.6) is 0 Å². The van der Waals surface area contributed by atoms with Crippen molar-refractivity contribution in [2.75, 3.05) is 13.2 Å². The first-order valence-electron chi connectivity index (χ1n) is 15.0. The summed E-state index contributed by atoms with van der Waals surface area (Å²) in [5, 5.41) is -0.0219. The third kappa shape index (κ3) is 5.45. The van der Waals surface area contributed by atoms with Crippen LogP contribution in [0.3, 0.4) is 0 Å². The molecule has 1 fully saturated rings. The summed E-state index contributed by atoms with van der Waals surface area (Å²) < 4.78 is 75.6. The van der Waals surface area contributed by atoms with Crippen molar-refractivity contribution in [3.63, 3.8) is 0 Å². The van der Waals surface area contributed by atoms with Gasteiger partial charge < -0.3 is 13.9 Å². The Balaban J connectivity index is 1.79. The fourth-order valence-electron chi connectivity index (χ4n) is 6.53. The Hall–Kier alpha value is -1.88. The van der Waals surface area contributed by atoms with Crippen LogP contribution < -0.4 is 0 Å². The first-order valence-corrected chi connectivity index (χ1v) is 17.9. The quantitative estimate of drug-likeness (QED) is 0.256. The molecule has 1 spiro atoms. The van der Waals surface area contributed by atoms with Crippen molar-refractivity contribution in [3.05, 3.63) is 57.4 Å². The maximum absolute atomic E-state index is 15.6. The summed E-state index contributed by atoms with van der Waals surface area (Å²) in [6, 6.07) is 0.521. The molecule has 4 heterocycles. The number of aromatic nitrogens is 2. The standard InChI is InChI=1S/C32H44F4N2O3Si/c1-18(2)26-24-25(23-21(38-26)15-30(6,7)16-22(23)41-42(8,9)29(3,4)5)31(10-12-39-13-11-31)40-28(24)27-20(33)14-19(17-37-27)32(34,35)36/h14,17-18,22,28H,10-13,15-16H2,1-9H3. The van der Waals surface area contributed by atoms with Gasteiger partial charge in [0.1, 0.15) is 17.6 Å². The van der Waals surface area contributed by atoms with Crippen molar-refractivity contribution in [2.45, 2.75) is 122 Å². The molecule has 0 N–H and O–H groups in total. The number of pyridine rings is 2. The van der Waals surface area contributed by atoms with E-state index in [0.29, 0.717) is 38.3 Å². The molecule has 5 rings (SSSR count). The maximum Gasteiger partial charge on any atom is 0.417 e. The summed E-state index contributed by atoms with van der Waals surface area (Å²) in [5.74, 6) is -1.07. The minimum atomic E-state index is -4.70. The molecule has 42 heavy (non-hydrogen) atoms. The molecule has 232 valence electrons. The molecule has 0 aromatic carbocycles. The molecule has 0 saturated carbocycles. The summed E-state index contributed by atoms with van der Waals surface area (Å²) in [4.78, 5) is 9.30. The fourth-order valence-corrected chi connectivity index (χ4v) is 7.79. The Bertz CT molecular complexity index is 1360. The second-order valence-corrected chi connectivity index (χ2v) is 19.7. The third-order valence-electron chi connectivity index (χ3n) is 9.68. The van der Waals surface area contributed by atoms with E-state index in [4.69, 9.17) is 18.9 Å². The number of rotatable bonds is 4. The van der Waals surface area contributed by atoms with Crippen molar-refractivity contribution in [1.82, 2.24) is 9.97 Å². The van der Waals surface area contributed by atoms with Crippen LogP contribution in [0.25, 0.3) is 0 Å². The molecule has 1 aliphatic carbocycles. The highest BCUT2D eigenvalue weighted by Crippen LogP contribution is 2.59. The predicted molar refractivity (Wildman–Crippen MR) is 155 cm³/mol. The Morgan fingerprint density at radius 1 is 1.07 bits per heavy atom. The van der Waals surface area contributed by atoms with Gasteiger partial charge in [0.2, 0.25) is 0 Å². The SMILES string of the molecule is CC(C)c1nc2c(c3c1C(c1ncc(C(F)(F)F)cc1F)OC31CCOCC1)C(O[Si](C)(C)C(C)(C)C)CC(C)(C)C2. The van der Waals surface area contributed by atoms with Gasteiger partial charge in [0.05, 0.1) is 17.3 Å². The molecule has 2 aliphatic heterocycles. The highest BCUT2D eigenvalue weighted by Gasteiger charge is 2.54. The van der Waals surface area contributed by atoms with Crippen LogP contribution >= 0.6 is 0 Å². The van der Waals surface area contributed by atoms with Crippen LogP contribution in [0.2, 0.25) is 18.1 Å². The van der Waals surface area contributed by atoms with Crippen LogP contribution in [-0.2, 0) is 32.1 Å². The molecule has 2 unspecified atom stereocenters. The van der Waals surface area contributed by atoms with E-state index in [1.807, 2.05) is 13.8 Å². The average molecular weight is 609 g/mol. The van der Waals surface area contributed by atoms with E-state index in [-0.39, 0.29) is 28.2 Å². The molecule has 0 radical (unpaired) electrons. The van der Waals surface area contributed by atoms with E-state index in [1.165, 1.54) is 0 Å². The molecule has 3 aliphatic rings. The summed E-state index contributed by atoms with van der Waals surface area (Å²) in [6.07, 6.45) is -2.58. The number of alkyl halides is 3. The van der Waals surface area contributed by atoms with Crippen molar-refractivity contribution in [2.24, 2.45) is 5.41 Å². The van der Waals surface area contributed by atoms with Gasteiger partial charge in [-0.15, -0.1) is 0 Å². The fraction of sp³-hybridized carbons (Fsp3) is 0.688. The Kier molecular flexibility index (Phi) is 7.77. The summed E-state index contributed by atoms with van der Waals surface area (Å²) >= 11 is 0. The van der Waals surface area contributed by atoms with Gasteiger partial charge in [-0.1, -0.05) is 48.5 Å². The maximum atomic E-state index is 15.6. The Morgan fingerprint density at radius 2 is 1.71 bits per heavy atom. The number of hydrogen-bond acceptors (Lipinski definition) is 5. The molecule has 5 nitrogen and oxygen atoms in total. The molecule has 2 aromatic heterocycles. The van der Waals surface area contributed by atoms with Gasteiger partial charge in [0, 0.05) is 54.8 Å². The zero-order chi connectivity index (χ0) is 31.0. The average Bonchev–Trinajstić information content (AvgIpc) is 3.15. The largest absolute Gasteiger partial charge is 0.417 e. The summed E-state index contributed by atoms with van der Waals surface area (Å²) in [5.41, 5.74) is 2.37. The molecular formula is C32H44F4N2O3Si. The lowest BCUT2D eigenvalue weighted by atomic mass is 9.70. The Morgan fingerprint density at radius 3 is 2.26 bits per heavy atom. The predicted octanol–water partition coefficient (Wildman–Crippen LogP) is 8.92. The van der Waals surface area contributed by atoms with Crippen LogP contribution in [0.1, 0.15) is 125 Å². The van der Waals surface area contributed by atoms with E-state index >= 15 is 4.39 Å². The van der Waals surface area contributed by atoms with E-state index in [1.54, 1.807) is 0 Å². The second-order valence-electron chi connectivity index (χ2n) is 14.9. The van der Waals surface area contributed by atoms with E-state index < -0.39 is 37.6 Å². The van der Waals surface area contributed by atoms with Gasteiger partial charge in [-0.05, 0) is 53.9 Å². The van der Waals surface area contributed by atoms with Crippen LogP contribution in [-0.4, -0.2) is 31.5 Å². The van der Waals surface area contributed by atoms with Crippen LogP contribution in [0.4, 0.5) is 17.6 Å². The van der Waals surface area contributed by atoms with E-state index in [9.17, 15) is 13.2 Å². The monoisotopic (exact) mass is 608 g/mol. The number of fused-ring (bicyclic) bond motifs is 4. The van der Waals surface area contributed by atoms with Crippen molar-refractivity contribution < 1.29 is 31.5 Å². The topological polar surface area (TPSA) is 53.5 Å². The zero-order valence-corrected chi connectivity index (χ0v) is 27.3. The minimum Gasteiger partial charge on any atom is -0.410 e. The third-order valence-corrected chi connectivity index (χ3v) is 14.2. The molecular weight excluding hydrogens is 564 g/mol. The molecule has 0 amide bonds. The lowest BCUT2D eigenvalue weighted by Gasteiger charge is -2.46. The van der Waals surface area contributed by atoms with Gasteiger partial charge >= 0.3 is 6.18 Å². The van der Waals surface area contributed by atoms with Gasteiger partial charge in [0.15, 0.2) is 8.32 Å². The first-order chi connectivity index (χ1) is 19.3. The van der Waals surface area contributed by atoms with Gasteiger partial charge in [-0.2, -0.15) is 13.2 Å². The molecule has 10 heteroatoms. The number of halogens is 4. The van der Waals surface area contributed by atoms with E-state index in [2.05, 4.69) is 52.7 Å². The zero-order valence-electron chi connectivity index (χ0n) is 26.3. The highest BCUT2D eigenvalue weighted by atomic mass is 28.4. The Labute approximate surface area is 247 Å². The molecule has 0 bridgehead atoms. The number of hydrogen-bond donors (Lipinski definition) is 0. The van der Waals surface area contributed by atoms with E-state index in [0.717, 1.165) is 40.9 Å². The van der Waals surface area contributed by atoms with Gasteiger partial charge in [-0.25, -0.2) is 4.39 Å². The second kappa shape index (κ2) is 10.3. The smallest absolute Gasteiger partial charge is 0.410 e. The number of ether oxygens (including phenoxy) is 2. The normalized spacial score (nSPS) is 23.8. The molecule has 2 aromatic rings. The van der Waals surface area contributed by atoms with Crippen molar-refractivity contribution >= 4 is 8.32 Å². The summed E-state index contributed by atoms with van der Waals surface area (Å²) in [6.45, 7) is 20.6. The van der Waals surface area contributed by atoms with Gasteiger partial charge in [0.25, 0.3) is 0 Å². The number of nitrogens with zero attached hydrogens (tertiary/aromatic N) is 2. The first kappa shape index (κ1) is 31.5.